The van der Waals surface area contributed by atoms with Crippen molar-refractivity contribution in [3.05, 3.63) is 90.0 Å². The molecule has 1 amide bonds. The molecule has 32 heavy (non-hydrogen) atoms. The van der Waals surface area contributed by atoms with Gasteiger partial charge in [-0.3, -0.25) is 9.36 Å². The molecule has 3 aromatic carbocycles. The first kappa shape index (κ1) is 21.2. The zero-order valence-corrected chi connectivity index (χ0v) is 17.3. The highest BCUT2D eigenvalue weighted by molar-refractivity contribution is 7.99. The predicted molar refractivity (Wildman–Crippen MR) is 117 cm³/mol. The van der Waals surface area contributed by atoms with Crippen molar-refractivity contribution in [3.8, 4) is 23.1 Å². The van der Waals surface area contributed by atoms with Crippen LogP contribution in [-0.4, -0.2) is 26.4 Å². The van der Waals surface area contributed by atoms with Crippen LogP contribution in [0.2, 0.25) is 0 Å². The summed E-state index contributed by atoms with van der Waals surface area (Å²) in [6.07, 6.45) is 0. The Kier molecular flexibility index (Phi) is 6.24. The van der Waals surface area contributed by atoms with Crippen LogP contribution in [0.5, 0.6) is 0 Å². The molecule has 0 bridgehead atoms. The molecule has 4 aromatic rings. The summed E-state index contributed by atoms with van der Waals surface area (Å²) in [6, 6.07) is 20.8. The Labute approximate surface area is 186 Å². The third-order valence-electron chi connectivity index (χ3n) is 4.42. The molecule has 0 aliphatic carbocycles. The lowest BCUT2D eigenvalue weighted by atomic mass is 10.2. The molecule has 0 unspecified atom stereocenters. The number of hydrogen-bond acceptors (Lipinski definition) is 5. The monoisotopic (exact) mass is 447 g/mol. The number of anilines is 1. The molecule has 1 aromatic heterocycles. The van der Waals surface area contributed by atoms with E-state index in [0.717, 1.165) is 23.9 Å². The average molecular weight is 447 g/mol. The molecule has 0 saturated heterocycles. The lowest BCUT2D eigenvalue weighted by Crippen LogP contribution is -2.14. The van der Waals surface area contributed by atoms with E-state index >= 15 is 0 Å². The Balaban J connectivity index is 1.62. The smallest absolute Gasteiger partial charge is 0.234 e. The number of thioether (sulfide) groups is 1. The first-order valence-corrected chi connectivity index (χ1v) is 10.4. The molecule has 0 saturated carbocycles. The molecule has 1 heterocycles. The van der Waals surface area contributed by atoms with Gasteiger partial charge in [0, 0.05) is 17.3 Å². The molecular formula is C23H15F2N5OS. The van der Waals surface area contributed by atoms with Crippen molar-refractivity contribution in [2.75, 3.05) is 11.1 Å². The molecule has 0 atom stereocenters. The number of aromatic nitrogens is 3. The summed E-state index contributed by atoms with van der Waals surface area (Å²) in [4.78, 5) is 12.4. The van der Waals surface area contributed by atoms with Gasteiger partial charge < -0.3 is 5.32 Å². The molecule has 0 aliphatic heterocycles. The van der Waals surface area contributed by atoms with Gasteiger partial charge in [-0.25, -0.2) is 8.78 Å². The number of carbonyl (C=O) groups excluding carboxylic acids is 1. The molecule has 4 rings (SSSR count). The molecule has 6 nitrogen and oxygen atoms in total. The van der Waals surface area contributed by atoms with Gasteiger partial charge in [-0.2, -0.15) is 5.26 Å². The van der Waals surface area contributed by atoms with Crippen molar-refractivity contribution in [2.45, 2.75) is 5.16 Å². The van der Waals surface area contributed by atoms with Crippen molar-refractivity contribution in [3.63, 3.8) is 0 Å². The van der Waals surface area contributed by atoms with Gasteiger partial charge in [-0.1, -0.05) is 48.2 Å². The number of nitrogens with zero attached hydrogens (tertiary/aromatic N) is 4. The van der Waals surface area contributed by atoms with Crippen molar-refractivity contribution < 1.29 is 13.6 Å². The van der Waals surface area contributed by atoms with Crippen LogP contribution in [0.1, 0.15) is 5.56 Å². The maximum atomic E-state index is 14.6. The summed E-state index contributed by atoms with van der Waals surface area (Å²) >= 11 is 1.06. The Morgan fingerprint density at radius 3 is 2.59 bits per heavy atom. The van der Waals surface area contributed by atoms with Gasteiger partial charge in [-0.15, -0.1) is 10.2 Å². The second-order valence-electron chi connectivity index (χ2n) is 6.63. The SMILES string of the molecule is N#Cc1cccc(NC(=O)CSc2nnc(-c3ccccc3)n2-c2ccc(F)cc2F)c1. The van der Waals surface area contributed by atoms with Crippen LogP contribution < -0.4 is 5.32 Å². The highest BCUT2D eigenvalue weighted by atomic mass is 32.2. The topological polar surface area (TPSA) is 83.6 Å². The van der Waals surface area contributed by atoms with E-state index in [4.69, 9.17) is 5.26 Å². The fraction of sp³-hybridized carbons (Fsp3) is 0.0435. The fourth-order valence-electron chi connectivity index (χ4n) is 3.01. The van der Waals surface area contributed by atoms with Gasteiger partial charge >= 0.3 is 0 Å². The minimum absolute atomic E-state index is 0.0352. The Bertz CT molecular complexity index is 1320. The number of carbonyl (C=O) groups is 1. The Morgan fingerprint density at radius 2 is 1.84 bits per heavy atom. The maximum Gasteiger partial charge on any atom is 0.234 e. The van der Waals surface area contributed by atoms with Crippen molar-refractivity contribution in [2.24, 2.45) is 0 Å². The molecule has 9 heteroatoms. The van der Waals surface area contributed by atoms with Crippen molar-refractivity contribution >= 4 is 23.4 Å². The van der Waals surface area contributed by atoms with E-state index in [2.05, 4.69) is 15.5 Å². The summed E-state index contributed by atoms with van der Waals surface area (Å²) in [5.41, 5.74) is 1.67. The Hall–Kier alpha value is -4.03. The van der Waals surface area contributed by atoms with Crippen LogP contribution in [0, 0.1) is 23.0 Å². The molecular weight excluding hydrogens is 432 g/mol. The molecule has 0 radical (unpaired) electrons. The summed E-state index contributed by atoms with van der Waals surface area (Å²) < 4.78 is 29.5. The van der Waals surface area contributed by atoms with Gasteiger partial charge in [0.2, 0.25) is 5.91 Å². The number of nitrogens with one attached hydrogen (secondary N) is 1. The van der Waals surface area contributed by atoms with E-state index in [1.54, 1.807) is 36.4 Å². The first-order valence-electron chi connectivity index (χ1n) is 9.44. The van der Waals surface area contributed by atoms with E-state index in [1.165, 1.54) is 10.6 Å². The number of nitriles is 1. The molecule has 0 fully saturated rings. The number of rotatable bonds is 6. The number of amides is 1. The lowest BCUT2D eigenvalue weighted by Gasteiger charge is -2.11. The second kappa shape index (κ2) is 9.41. The van der Waals surface area contributed by atoms with E-state index < -0.39 is 11.6 Å². The van der Waals surface area contributed by atoms with Crippen LogP contribution in [0.15, 0.2) is 78.0 Å². The minimum Gasteiger partial charge on any atom is -0.325 e. The highest BCUT2D eigenvalue weighted by Crippen LogP contribution is 2.29. The van der Waals surface area contributed by atoms with E-state index in [0.29, 0.717) is 22.6 Å². The number of hydrogen-bond donors (Lipinski definition) is 1. The van der Waals surface area contributed by atoms with Crippen LogP contribution in [0.25, 0.3) is 17.1 Å². The second-order valence-corrected chi connectivity index (χ2v) is 7.58. The number of halogens is 2. The van der Waals surface area contributed by atoms with Crippen LogP contribution in [0.4, 0.5) is 14.5 Å². The minimum atomic E-state index is -0.776. The van der Waals surface area contributed by atoms with Crippen LogP contribution in [-0.2, 0) is 4.79 Å². The van der Waals surface area contributed by atoms with E-state index in [-0.39, 0.29) is 22.5 Å². The average Bonchev–Trinajstić information content (AvgIpc) is 3.22. The molecule has 0 spiro atoms. The van der Waals surface area contributed by atoms with Gasteiger partial charge in [0.1, 0.15) is 11.6 Å². The van der Waals surface area contributed by atoms with E-state index in [9.17, 15) is 13.6 Å². The first-order chi connectivity index (χ1) is 15.5. The van der Waals surface area contributed by atoms with Crippen LogP contribution in [0.3, 0.4) is 0 Å². The van der Waals surface area contributed by atoms with Gasteiger partial charge in [0.15, 0.2) is 11.0 Å². The highest BCUT2D eigenvalue weighted by Gasteiger charge is 2.20. The third-order valence-corrected chi connectivity index (χ3v) is 5.35. The summed E-state index contributed by atoms with van der Waals surface area (Å²) in [5.74, 6) is -1.48. The predicted octanol–water partition coefficient (Wildman–Crippen LogP) is 4.81. The van der Waals surface area contributed by atoms with E-state index in [1.807, 2.05) is 24.3 Å². The van der Waals surface area contributed by atoms with Crippen molar-refractivity contribution in [1.82, 2.24) is 14.8 Å². The van der Waals surface area contributed by atoms with Gasteiger partial charge in [0.25, 0.3) is 0 Å². The standard InChI is InChI=1S/C23H15F2N5OS/c24-17-9-10-20(19(25)12-17)30-22(16-6-2-1-3-7-16)28-29-23(30)32-14-21(31)27-18-8-4-5-15(11-18)13-26/h1-12H,14H2,(H,27,31). The largest absolute Gasteiger partial charge is 0.325 e. The Morgan fingerprint density at radius 1 is 1.03 bits per heavy atom. The van der Waals surface area contributed by atoms with Gasteiger partial charge in [-0.05, 0) is 30.3 Å². The third kappa shape index (κ3) is 4.66. The lowest BCUT2D eigenvalue weighted by molar-refractivity contribution is -0.113. The quantitative estimate of drug-likeness (QED) is 0.429. The van der Waals surface area contributed by atoms with Crippen molar-refractivity contribution in [1.29, 1.82) is 5.26 Å². The van der Waals surface area contributed by atoms with Gasteiger partial charge in [0.05, 0.1) is 23.1 Å². The number of benzene rings is 3. The maximum absolute atomic E-state index is 14.6. The molecule has 1 N–H and O–H groups in total. The van der Waals surface area contributed by atoms with Crippen LogP contribution >= 0.6 is 11.8 Å². The fourth-order valence-corrected chi connectivity index (χ4v) is 3.76. The summed E-state index contributed by atoms with van der Waals surface area (Å²) in [6.45, 7) is 0. The normalized spacial score (nSPS) is 10.5. The zero-order valence-electron chi connectivity index (χ0n) is 16.5. The molecule has 158 valence electrons. The zero-order chi connectivity index (χ0) is 22.5. The molecule has 0 aliphatic rings. The summed E-state index contributed by atoms with van der Waals surface area (Å²) in [5, 5.41) is 20.3. The summed E-state index contributed by atoms with van der Waals surface area (Å²) in [7, 11) is 0.